The predicted molar refractivity (Wildman–Crippen MR) is 103 cm³/mol. The van der Waals surface area contributed by atoms with Crippen molar-refractivity contribution in [2.75, 3.05) is 10.8 Å². The lowest BCUT2D eigenvalue weighted by Crippen LogP contribution is -2.22. The number of aryl methyl sites for hydroxylation is 1. The maximum absolute atomic E-state index is 10.2. The fourth-order valence-electron chi connectivity index (χ4n) is 2.57. The number of phenols is 1. The summed E-state index contributed by atoms with van der Waals surface area (Å²) in [7, 11) is 0. The van der Waals surface area contributed by atoms with Gasteiger partial charge in [0.1, 0.15) is 5.75 Å². The molecule has 0 amide bonds. The monoisotopic (exact) mass is 335 g/mol. The minimum Gasteiger partial charge on any atom is -0.508 e. The average Bonchev–Trinajstić information content (AvgIpc) is 2.63. The molecule has 0 saturated heterocycles. The molecule has 24 heavy (non-hydrogen) atoms. The van der Waals surface area contributed by atoms with E-state index in [0.717, 1.165) is 22.7 Å². The molecule has 0 heterocycles. The van der Waals surface area contributed by atoms with Crippen molar-refractivity contribution in [3.8, 4) is 5.75 Å². The minimum atomic E-state index is 0.353. The molecule has 0 aliphatic heterocycles. The van der Waals surface area contributed by atoms with Crippen LogP contribution in [0.25, 0.3) is 0 Å². The van der Waals surface area contributed by atoms with E-state index in [9.17, 15) is 5.11 Å². The van der Waals surface area contributed by atoms with Crippen LogP contribution in [-0.2, 0) is 6.54 Å². The highest BCUT2D eigenvalue weighted by atomic mass is 32.2. The first-order valence-electron chi connectivity index (χ1n) is 7.99. The molecule has 0 aliphatic carbocycles. The molecule has 0 spiro atoms. The Kier molecular flexibility index (Phi) is 5.44. The Morgan fingerprint density at radius 1 is 0.875 bits per heavy atom. The third-order valence-corrected chi connectivity index (χ3v) is 4.89. The maximum atomic E-state index is 10.2. The van der Waals surface area contributed by atoms with Gasteiger partial charge in [0.2, 0.25) is 0 Å². The molecule has 0 fully saturated rings. The van der Waals surface area contributed by atoms with E-state index in [4.69, 9.17) is 0 Å². The second kappa shape index (κ2) is 7.93. The average molecular weight is 335 g/mol. The van der Waals surface area contributed by atoms with Gasteiger partial charge in [-0.1, -0.05) is 54.1 Å². The highest BCUT2D eigenvalue weighted by Gasteiger charge is 2.11. The molecule has 0 saturated carbocycles. The van der Waals surface area contributed by atoms with Crippen molar-refractivity contribution in [1.29, 1.82) is 0 Å². The summed E-state index contributed by atoms with van der Waals surface area (Å²) >= 11 is 1.80. The molecule has 3 aromatic rings. The Morgan fingerprint density at radius 3 is 2.25 bits per heavy atom. The second-order valence-electron chi connectivity index (χ2n) is 5.75. The first-order chi connectivity index (χ1) is 11.7. The lowest BCUT2D eigenvalue weighted by molar-refractivity contribution is 0.467. The van der Waals surface area contributed by atoms with Crippen LogP contribution in [0.4, 0.5) is 5.69 Å². The molecule has 1 N–H and O–H groups in total. The molecular weight excluding hydrogens is 314 g/mol. The van der Waals surface area contributed by atoms with E-state index < -0.39 is 0 Å². The highest BCUT2D eigenvalue weighted by molar-refractivity contribution is 7.99. The van der Waals surface area contributed by atoms with Crippen molar-refractivity contribution in [2.24, 2.45) is 0 Å². The molecule has 3 heteroatoms. The van der Waals surface area contributed by atoms with Crippen LogP contribution >= 0.6 is 11.8 Å². The SMILES string of the molecule is Cc1ccc(O)c(CN(CSc2ccccc2)c2ccccc2)c1. The zero-order valence-corrected chi connectivity index (χ0v) is 14.5. The lowest BCUT2D eigenvalue weighted by Gasteiger charge is -2.25. The Balaban J connectivity index is 1.81. The Bertz CT molecular complexity index is 774. The zero-order chi connectivity index (χ0) is 16.8. The van der Waals surface area contributed by atoms with Crippen LogP contribution in [0.15, 0.2) is 83.8 Å². The van der Waals surface area contributed by atoms with Crippen molar-refractivity contribution in [3.05, 3.63) is 90.0 Å². The number of hydrogen-bond acceptors (Lipinski definition) is 3. The van der Waals surface area contributed by atoms with Crippen LogP contribution in [0.2, 0.25) is 0 Å². The van der Waals surface area contributed by atoms with E-state index in [-0.39, 0.29) is 0 Å². The van der Waals surface area contributed by atoms with Gasteiger partial charge in [-0.3, -0.25) is 0 Å². The van der Waals surface area contributed by atoms with Gasteiger partial charge in [-0.05, 0) is 37.3 Å². The van der Waals surface area contributed by atoms with E-state index >= 15 is 0 Å². The Morgan fingerprint density at radius 2 is 1.54 bits per heavy atom. The van der Waals surface area contributed by atoms with Gasteiger partial charge in [0, 0.05) is 22.7 Å². The number of thioether (sulfide) groups is 1. The van der Waals surface area contributed by atoms with Gasteiger partial charge < -0.3 is 10.0 Å². The Hall–Kier alpha value is -2.39. The smallest absolute Gasteiger partial charge is 0.120 e. The van der Waals surface area contributed by atoms with Gasteiger partial charge in [-0.2, -0.15) is 0 Å². The number of phenolic OH excluding ortho intramolecular Hbond substituents is 1. The fourth-order valence-corrected chi connectivity index (χ4v) is 3.46. The molecule has 122 valence electrons. The van der Waals surface area contributed by atoms with Gasteiger partial charge in [0.05, 0.1) is 5.88 Å². The summed E-state index contributed by atoms with van der Waals surface area (Å²) < 4.78 is 0. The number of aromatic hydroxyl groups is 1. The van der Waals surface area contributed by atoms with Crippen molar-refractivity contribution in [2.45, 2.75) is 18.4 Å². The van der Waals surface area contributed by atoms with Crippen molar-refractivity contribution >= 4 is 17.4 Å². The van der Waals surface area contributed by atoms with Crippen LogP contribution in [-0.4, -0.2) is 11.0 Å². The summed E-state index contributed by atoms with van der Waals surface area (Å²) in [6, 6.07) is 26.5. The number of benzene rings is 3. The minimum absolute atomic E-state index is 0.353. The van der Waals surface area contributed by atoms with Crippen LogP contribution in [0.3, 0.4) is 0 Å². The van der Waals surface area contributed by atoms with Crippen molar-refractivity contribution in [1.82, 2.24) is 0 Å². The molecule has 2 nitrogen and oxygen atoms in total. The van der Waals surface area contributed by atoms with E-state index in [0.29, 0.717) is 12.3 Å². The molecule has 0 atom stereocenters. The van der Waals surface area contributed by atoms with E-state index in [2.05, 4.69) is 54.3 Å². The van der Waals surface area contributed by atoms with Gasteiger partial charge in [-0.25, -0.2) is 0 Å². The Labute approximate surface area is 147 Å². The summed E-state index contributed by atoms with van der Waals surface area (Å²) in [5.41, 5.74) is 3.26. The zero-order valence-electron chi connectivity index (χ0n) is 13.7. The molecule has 0 unspecified atom stereocenters. The van der Waals surface area contributed by atoms with Gasteiger partial charge >= 0.3 is 0 Å². The molecule has 0 bridgehead atoms. The number of rotatable bonds is 6. The normalized spacial score (nSPS) is 10.5. The number of hydrogen-bond donors (Lipinski definition) is 1. The molecular formula is C21H21NOS. The first kappa shape index (κ1) is 16.5. The van der Waals surface area contributed by atoms with Crippen molar-refractivity contribution < 1.29 is 5.11 Å². The van der Waals surface area contributed by atoms with Crippen molar-refractivity contribution in [3.63, 3.8) is 0 Å². The molecule has 0 aliphatic rings. The first-order valence-corrected chi connectivity index (χ1v) is 8.97. The lowest BCUT2D eigenvalue weighted by atomic mass is 10.1. The van der Waals surface area contributed by atoms with Gasteiger partial charge in [0.25, 0.3) is 0 Å². The van der Waals surface area contributed by atoms with Crippen LogP contribution < -0.4 is 4.90 Å². The maximum Gasteiger partial charge on any atom is 0.120 e. The standard InChI is InChI=1S/C21H21NOS/c1-17-12-13-21(23)18(14-17)15-22(19-8-4-2-5-9-19)16-24-20-10-6-3-7-11-20/h2-14,23H,15-16H2,1H3. The van der Waals surface area contributed by atoms with Gasteiger partial charge in [-0.15, -0.1) is 11.8 Å². The summed E-state index contributed by atoms with van der Waals surface area (Å²) in [6.07, 6.45) is 0. The molecule has 0 aromatic heterocycles. The summed E-state index contributed by atoms with van der Waals surface area (Å²) in [5.74, 6) is 1.17. The van der Waals surface area contributed by atoms with E-state index in [1.807, 2.05) is 30.3 Å². The molecule has 0 radical (unpaired) electrons. The topological polar surface area (TPSA) is 23.5 Å². The predicted octanol–water partition coefficient (Wildman–Crippen LogP) is 5.46. The molecule has 3 rings (SSSR count). The quantitative estimate of drug-likeness (QED) is 0.478. The third kappa shape index (κ3) is 4.33. The number of para-hydroxylation sites is 1. The fraction of sp³-hybridized carbons (Fsp3) is 0.143. The largest absolute Gasteiger partial charge is 0.508 e. The third-order valence-electron chi connectivity index (χ3n) is 3.85. The summed E-state index contributed by atoms with van der Waals surface area (Å²) in [5, 5.41) is 10.2. The second-order valence-corrected chi connectivity index (χ2v) is 6.77. The van der Waals surface area contributed by atoms with Crippen LogP contribution in [0.5, 0.6) is 5.75 Å². The summed E-state index contributed by atoms with van der Waals surface area (Å²) in [6.45, 7) is 2.73. The summed E-state index contributed by atoms with van der Waals surface area (Å²) in [4.78, 5) is 3.53. The number of anilines is 1. The van der Waals surface area contributed by atoms with Crippen LogP contribution in [0, 0.1) is 6.92 Å². The van der Waals surface area contributed by atoms with E-state index in [1.165, 1.54) is 4.90 Å². The van der Waals surface area contributed by atoms with Gasteiger partial charge in [0.15, 0.2) is 0 Å². The highest BCUT2D eigenvalue weighted by Crippen LogP contribution is 2.27. The van der Waals surface area contributed by atoms with E-state index in [1.54, 1.807) is 17.8 Å². The molecule has 3 aromatic carbocycles. The number of nitrogens with zero attached hydrogens (tertiary/aromatic N) is 1. The van der Waals surface area contributed by atoms with Crippen LogP contribution in [0.1, 0.15) is 11.1 Å².